The monoisotopic (exact) mass is 276 g/mol. The Labute approximate surface area is 124 Å². The van der Waals surface area contributed by atoms with Crippen LogP contribution >= 0.6 is 0 Å². The molecule has 2 aromatic carbocycles. The van der Waals surface area contributed by atoms with Gasteiger partial charge in [0.05, 0.1) is 5.92 Å². The van der Waals surface area contributed by atoms with Crippen molar-refractivity contribution in [3.05, 3.63) is 65.7 Å². The van der Waals surface area contributed by atoms with Crippen molar-refractivity contribution in [3.8, 4) is 18.1 Å². The lowest BCUT2D eigenvalue weighted by atomic mass is 9.70. The van der Waals surface area contributed by atoms with Crippen LogP contribution in [0, 0.1) is 18.3 Å². The SMILES string of the molecule is C#Cc1cccc(OC(=O)[C@@H]2CCC2c2ccccc2)c1. The minimum absolute atomic E-state index is 0.0538. The van der Waals surface area contributed by atoms with Gasteiger partial charge in [-0.2, -0.15) is 0 Å². The summed E-state index contributed by atoms with van der Waals surface area (Å²) >= 11 is 0. The molecule has 3 rings (SSSR count). The molecule has 0 heterocycles. The van der Waals surface area contributed by atoms with Crippen LogP contribution in [-0.2, 0) is 4.79 Å². The molecule has 2 aromatic rings. The zero-order valence-corrected chi connectivity index (χ0v) is 11.7. The van der Waals surface area contributed by atoms with E-state index in [0.717, 1.165) is 12.8 Å². The molecule has 0 aliphatic heterocycles. The van der Waals surface area contributed by atoms with Crippen molar-refractivity contribution in [2.24, 2.45) is 5.92 Å². The van der Waals surface area contributed by atoms with Crippen LogP contribution in [0.5, 0.6) is 5.75 Å². The van der Waals surface area contributed by atoms with Gasteiger partial charge >= 0.3 is 5.97 Å². The number of ether oxygens (including phenoxy) is 1. The Bertz CT molecular complexity index is 682. The van der Waals surface area contributed by atoms with Crippen LogP contribution in [0.25, 0.3) is 0 Å². The summed E-state index contributed by atoms with van der Waals surface area (Å²) in [7, 11) is 0. The second-order valence-corrected chi connectivity index (χ2v) is 5.29. The number of esters is 1. The first-order valence-electron chi connectivity index (χ1n) is 7.11. The molecule has 21 heavy (non-hydrogen) atoms. The lowest BCUT2D eigenvalue weighted by molar-refractivity contribution is -0.142. The minimum Gasteiger partial charge on any atom is -0.426 e. The van der Waals surface area contributed by atoms with Crippen molar-refractivity contribution < 1.29 is 9.53 Å². The molecule has 1 fully saturated rings. The summed E-state index contributed by atoms with van der Waals surface area (Å²) in [5, 5.41) is 0. The predicted octanol–water partition coefficient (Wildman–Crippen LogP) is 3.77. The topological polar surface area (TPSA) is 26.3 Å². The molecule has 104 valence electrons. The first-order chi connectivity index (χ1) is 10.3. The van der Waals surface area contributed by atoms with Crippen molar-refractivity contribution in [1.29, 1.82) is 0 Å². The van der Waals surface area contributed by atoms with Crippen LogP contribution in [-0.4, -0.2) is 5.97 Å². The van der Waals surface area contributed by atoms with Gasteiger partial charge in [0.25, 0.3) is 0 Å². The molecule has 1 saturated carbocycles. The van der Waals surface area contributed by atoms with E-state index in [1.54, 1.807) is 18.2 Å². The highest BCUT2D eigenvalue weighted by molar-refractivity contribution is 5.77. The molecule has 0 spiro atoms. The fraction of sp³-hybridized carbons (Fsp3) is 0.211. The summed E-state index contributed by atoms with van der Waals surface area (Å²) in [5.41, 5.74) is 1.93. The molecule has 0 bridgehead atoms. The average Bonchev–Trinajstić information content (AvgIpc) is 2.47. The fourth-order valence-electron chi connectivity index (χ4n) is 2.72. The summed E-state index contributed by atoms with van der Waals surface area (Å²) in [6.07, 6.45) is 7.27. The smallest absolute Gasteiger partial charge is 0.314 e. The molecule has 0 radical (unpaired) electrons. The lowest BCUT2D eigenvalue weighted by Crippen LogP contribution is -2.34. The molecule has 0 amide bonds. The number of hydrogen-bond acceptors (Lipinski definition) is 2. The summed E-state index contributed by atoms with van der Waals surface area (Å²) < 4.78 is 5.48. The molecule has 1 aliphatic rings. The van der Waals surface area contributed by atoms with Crippen LogP contribution in [0.1, 0.15) is 29.9 Å². The van der Waals surface area contributed by atoms with Crippen LogP contribution in [0.3, 0.4) is 0 Å². The van der Waals surface area contributed by atoms with E-state index in [2.05, 4.69) is 18.1 Å². The molecule has 0 saturated heterocycles. The Morgan fingerprint density at radius 2 is 1.90 bits per heavy atom. The molecule has 2 heteroatoms. The van der Waals surface area contributed by atoms with Crippen molar-refractivity contribution in [2.45, 2.75) is 18.8 Å². The second kappa shape index (κ2) is 5.85. The Hall–Kier alpha value is -2.53. The number of benzene rings is 2. The minimum atomic E-state index is -0.163. The number of hydrogen-bond donors (Lipinski definition) is 0. The van der Waals surface area contributed by atoms with E-state index in [-0.39, 0.29) is 17.8 Å². The Balaban J connectivity index is 1.70. The number of rotatable bonds is 3. The van der Waals surface area contributed by atoms with Crippen molar-refractivity contribution in [3.63, 3.8) is 0 Å². The fourth-order valence-corrected chi connectivity index (χ4v) is 2.72. The highest BCUT2D eigenvalue weighted by Gasteiger charge is 2.38. The van der Waals surface area contributed by atoms with Crippen LogP contribution < -0.4 is 4.74 Å². The average molecular weight is 276 g/mol. The van der Waals surface area contributed by atoms with Gasteiger partial charge in [0, 0.05) is 5.56 Å². The van der Waals surface area contributed by atoms with Crippen molar-refractivity contribution in [2.75, 3.05) is 0 Å². The molecular formula is C19H16O2. The number of carbonyl (C=O) groups excluding carboxylic acids is 1. The Morgan fingerprint density at radius 3 is 2.57 bits per heavy atom. The predicted molar refractivity (Wildman–Crippen MR) is 81.9 cm³/mol. The normalized spacial score (nSPS) is 20.1. The Kier molecular flexibility index (Phi) is 3.75. The molecular weight excluding hydrogens is 260 g/mol. The summed E-state index contributed by atoms with van der Waals surface area (Å²) in [6.45, 7) is 0. The van der Waals surface area contributed by atoms with E-state index < -0.39 is 0 Å². The van der Waals surface area contributed by atoms with Gasteiger partial charge in [-0.05, 0) is 42.5 Å². The number of terminal acetylenes is 1. The first-order valence-corrected chi connectivity index (χ1v) is 7.11. The van der Waals surface area contributed by atoms with Crippen molar-refractivity contribution >= 4 is 5.97 Å². The highest BCUT2D eigenvalue weighted by Crippen LogP contribution is 2.43. The van der Waals surface area contributed by atoms with E-state index in [0.29, 0.717) is 11.3 Å². The molecule has 1 unspecified atom stereocenters. The number of carbonyl (C=O) groups is 1. The van der Waals surface area contributed by atoms with Crippen LogP contribution in [0.15, 0.2) is 54.6 Å². The van der Waals surface area contributed by atoms with Gasteiger partial charge in [0.2, 0.25) is 0 Å². The van der Waals surface area contributed by atoms with Gasteiger partial charge in [-0.1, -0.05) is 42.3 Å². The Morgan fingerprint density at radius 1 is 1.10 bits per heavy atom. The van der Waals surface area contributed by atoms with E-state index in [1.807, 2.05) is 24.3 Å². The third-order valence-corrected chi connectivity index (χ3v) is 4.02. The van der Waals surface area contributed by atoms with Gasteiger partial charge in [-0.3, -0.25) is 4.79 Å². The van der Waals surface area contributed by atoms with Crippen LogP contribution in [0.4, 0.5) is 0 Å². The molecule has 0 aromatic heterocycles. The highest BCUT2D eigenvalue weighted by atomic mass is 16.5. The summed E-state index contributed by atoms with van der Waals surface area (Å²) in [5.74, 6) is 3.12. The largest absolute Gasteiger partial charge is 0.426 e. The third-order valence-electron chi connectivity index (χ3n) is 4.02. The maximum Gasteiger partial charge on any atom is 0.314 e. The standard InChI is InChI=1S/C19H16O2/c1-2-14-7-6-10-16(13-14)21-19(20)18-12-11-17(18)15-8-4-3-5-9-15/h1,3-10,13,17-18H,11-12H2/t17?,18-/m1/s1. The van der Waals surface area contributed by atoms with Crippen LogP contribution in [0.2, 0.25) is 0 Å². The van der Waals surface area contributed by atoms with Gasteiger partial charge in [0.15, 0.2) is 0 Å². The lowest BCUT2D eigenvalue weighted by Gasteiger charge is -2.34. The quantitative estimate of drug-likeness (QED) is 0.484. The molecule has 2 atom stereocenters. The maximum absolute atomic E-state index is 12.3. The third kappa shape index (κ3) is 2.83. The van der Waals surface area contributed by atoms with E-state index in [4.69, 9.17) is 11.2 Å². The molecule has 1 aliphatic carbocycles. The summed E-state index contributed by atoms with van der Waals surface area (Å²) in [6, 6.07) is 17.2. The maximum atomic E-state index is 12.3. The van der Waals surface area contributed by atoms with Gasteiger partial charge in [-0.15, -0.1) is 6.42 Å². The second-order valence-electron chi connectivity index (χ2n) is 5.29. The molecule has 0 N–H and O–H groups in total. The van der Waals surface area contributed by atoms with E-state index in [9.17, 15) is 4.79 Å². The summed E-state index contributed by atoms with van der Waals surface area (Å²) in [4.78, 5) is 12.3. The van der Waals surface area contributed by atoms with E-state index >= 15 is 0 Å². The zero-order chi connectivity index (χ0) is 14.7. The van der Waals surface area contributed by atoms with Gasteiger partial charge < -0.3 is 4.74 Å². The van der Waals surface area contributed by atoms with Gasteiger partial charge in [-0.25, -0.2) is 0 Å². The molecule has 2 nitrogen and oxygen atoms in total. The first kappa shape index (κ1) is 13.5. The van der Waals surface area contributed by atoms with Crippen molar-refractivity contribution in [1.82, 2.24) is 0 Å². The van der Waals surface area contributed by atoms with E-state index in [1.165, 1.54) is 5.56 Å². The zero-order valence-electron chi connectivity index (χ0n) is 11.7. The van der Waals surface area contributed by atoms with Gasteiger partial charge in [0.1, 0.15) is 5.75 Å².